The quantitative estimate of drug-likeness (QED) is 0.716. The third-order valence-corrected chi connectivity index (χ3v) is 6.15. The van der Waals surface area contributed by atoms with Gasteiger partial charge in [-0.05, 0) is 69.4 Å². The zero-order chi connectivity index (χ0) is 22.7. The number of nitrogens with zero attached hydrogens (tertiary/aromatic N) is 2. The average Bonchev–Trinajstić information content (AvgIpc) is 2.95. The molecule has 0 spiro atoms. The van der Waals surface area contributed by atoms with Crippen LogP contribution in [0.4, 0.5) is 4.39 Å². The van der Waals surface area contributed by atoms with Crippen molar-refractivity contribution in [3.05, 3.63) is 52.9 Å². The Morgan fingerprint density at radius 2 is 2.16 bits per heavy atom. The van der Waals surface area contributed by atoms with Gasteiger partial charge in [0.05, 0.1) is 11.6 Å². The normalized spacial score (nSPS) is 21.0. The van der Waals surface area contributed by atoms with Crippen LogP contribution in [0.25, 0.3) is 6.08 Å². The average molecular weight is 441 g/mol. The lowest BCUT2D eigenvalue weighted by atomic mass is 9.95. The van der Waals surface area contributed by atoms with Gasteiger partial charge >= 0.3 is 0 Å². The van der Waals surface area contributed by atoms with Crippen LogP contribution in [0, 0.1) is 25.6 Å². The third kappa shape index (κ3) is 5.18. The van der Waals surface area contributed by atoms with Gasteiger partial charge in [-0.2, -0.15) is 0 Å². The molecule has 2 N–H and O–H groups in total. The van der Waals surface area contributed by atoms with E-state index in [2.05, 4.69) is 15.3 Å². The molecule has 0 radical (unpaired) electrons. The SMILES string of the molecule is Cc1nc(/C=C/C(=O)NC2CCCCN(C(=O)C3COc4ccc(F)cc4C3)C2)[nH]c1C. The van der Waals surface area contributed by atoms with E-state index >= 15 is 0 Å². The maximum absolute atomic E-state index is 13.6. The van der Waals surface area contributed by atoms with Crippen molar-refractivity contribution in [2.24, 2.45) is 5.92 Å². The van der Waals surface area contributed by atoms with Crippen LogP contribution >= 0.6 is 0 Å². The summed E-state index contributed by atoms with van der Waals surface area (Å²) in [5, 5.41) is 3.02. The van der Waals surface area contributed by atoms with Gasteiger partial charge in [0.2, 0.25) is 11.8 Å². The molecule has 3 heterocycles. The van der Waals surface area contributed by atoms with Crippen molar-refractivity contribution in [2.45, 2.75) is 45.6 Å². The number of carbonyl (C=O) groups is 2. The lowest BCUT2D eigenvalue weighted by Gasteiger charge is -2.31. The summed E-state index contributed by atoms with van der Waals surface area (Å²) in [4.78, 5) is 34.9. The van der Waals surface area contributed by atoms with Gasteiger partial charge in [-0.1, -0.05) is 0 Å². The van der Waals surface area contributed by atoms with E-state index < -0.39 is 0 Å². The molecule has 2 aromatic rings. The molecule has 32 heavy (non-hydrogen) atoms. The fourth-order valence-corrected chi connectivity index (χ4v) is 4.30. The van der Waals surface area contributed by atoms with Crippen molar-refractivity contribution in [1.29, 1.82) is 0 Å². The second-order valence-electron chi connectivity index (χ2n) is 8.62. The Labute approximate surface area is 187 Å². The molecule has 2 aliphatic heterocycles. The summed E-state index contributed by atoms with van der Waals surface area (Å²) in [6.07, 6.45) is 6.23. The van der Waals surface area contributed by atoms with E-state index in [1.54, 1.807) is 12.1 Å². The second kappa shape index (κ2) is 9.54. The minimum absolute atomic E-state index is 0.00172. The Morgan fingerprint density at radius 1 is 1.31 bits per heavy atom. The number of halogens is 1. The minimum atomic E-state index is -0.343. The summed E-state index contributed by atoms with van der Waals surface area (Å²) in [5.74, 6) is 0.404. The van der Waals surface area contributed by atoms with Crippen LogP contribution in [0.5, 0.6) is 5.75 Å². The van der Waals surface area contributed by atoms with E-state index in [1.165, 1.54) is 18.2 Å². The summed E-state index contributed by atoms with van der Waals surface area (Å²) in [7, 11) is 0. The van der Waals surface area contributed by atoms with Gasteiger partial charge in [0.15, 0.2) is 0 Å². The topological polar surface area (TPSA) is 87.3 Å². The van der Waals surface area contributed by atoms with Crippen LogP contribution in [-0.4, -0.2) is 52.4 Å². The number of hydrogen-bond acceptors (Lipinski definition) is 4. The van der Waals surface area contributed by atoms with Gasteiger partial charge in [-0.15, -0.1) is 0 Å². The van der Waals surface area contributed by atoms with Crippen molar-refractivity contribution >= 4 is 17.9 Å². The van der Waals surface area contributed by atoms with E-state index in [4.69, 9.17) is 4.74 Å². The van der Waals surface area contributed by atoms with Gasteiger partial charge < -0.3 is 19.9 Å². The van der Waals surface area contributed by atoms with E-state index in [0.29, 0.717) is 31.1 Å². The van der Waals surface area contributed by atoms with Crippen molar-refractivity contribution in [3.8, 4) is 5.75 Å². The molecule has 2 atom stereocenters. The Hall–Kier alpha value is -3.16. The van der Waals surface area contributed by atoms with Crippen LogP contribution < -0.4 is 10.1 Å². The number of hydrogen-bond donors (Lipinski definition) is 2. The molecular weight excluding hydrogens is 411 g/mol. The largest absolute Gasteiger partial charge is 0.492 e. The highest BCUT2D eigenvalue weighted by Crippen LogP contribution is 2.29. The number of rotatable bonds is 4. The third-order valence-electron chi connectivity index (χ3n) is 6.15. The second-order valence-corrected chi connectivity index (χ2v) is 8.62. The van der Waals surface area contributed by atoms with E-state index in [-0.39, 0.29) is 36.2 Å². The first-order valence-corrected chi connectivity index (χ1v) is 11.1. The summed E-state index contributed by atoms with van der Waals surface area (Å²) in [6, 6.07) is 4.30. The van der Waals surface area contributed by atoms with Crippen molar-refractivity contribution in [2.75, 3.05) is 19.7 Å². The monoisotopic (exact) mass is 440 g/mol. The Bertz CT molecular complexity index is 1010. The van der Waals surface area contributed by atoms with Crippen LogP contribution in [-0.2, 0) is 16.0 Å². The fraction of sp³-hybridized carbons (Fsp3) is 0.458. The number of ether oxygens (including phenoxy) is 1. The molecule has 170 valence electrons. The number of amides is 2. The summed E-state index contributed by atoms with van der Waals surface area (Å²) in [5.41, 5.74) is 2.60. The number of imidazole rings is 1. The molecule has 0 saturated carbocycles. The fourth-order valence-electron chi connectivity index (χ4n) is 4.30. The molecule has 1 fully saturated rings. The number of nitrogens with one attached hydrogen (secondary N) is 2. The number of benzene rings is 1. The molecule has 8 heteroatoms. The van der Waals surface area contributed by atoms with Crippen LogP contribution in [0.2, 0.25) is 0 Å². The van der Waals surface area contributed by atoms with Crippen molar-refractivity contribution in [1.82, 2.24) is 20.2 Å². The van der Waals surface area contributed by atoms with Gasteiger partial charge in [-0.25, -0.2) is 9.37 Å². The Balaban J connectivity index is 1.36. The molecule has 2 unspecified atom stereocenters. The smallest absolute Gasteiger partial charge is 0.244 e. The molecule has 1 aromatic carbocycles. The van der Waals surface area contributed by atoms with Gasteiger partial charge in [-0.3, -0.25) is 9.59 Å². The molecule has 2 aliphatic rings. The number of aromatic amines is 1. The zero-order valence-electron chi connectivity index (χ0n) is 18.5. The van der Waals surface area contributed by atoms with Gasteiger partial charge in [0, 0.05) is 30.9 Å². The summed E-state index contributed by atoms with van der Waals surface area (Å²) >= 11 is 0. The molecule has 0 bridgehead atoms. The standard InChI is InChI=1S/C24H29FN4O3/c1-15-16(2)27-22(26-15)8-9-23(30)28-20-5-3-4-10-29(13-20)24(31)18-11-17-12-19(25)6-7-21(17)32-14-18/h6-9,12,18,20H,3-5,10-11,13-14H2,1-2H3,(H,26,27)(H,28,30)/b9-8+. The van der Waals surface area contributed by atoms with Crippen molar-refractivity contribution < 1.29 is 18.7 Å². The van der Waals surface area contributed by atoms with Gasteiger partial charge in [0.25, 0.3) is 0 Å². The number of fused-ring (bicyclic) bond motifs is 1. The van der Waals surface area contributed by atoms with Crippen molar-refractivity contribution in [3.63, 3.8) is 0 Å². The van der Waals surface area contributed by atoms with Crippen LogP contribution in [0.1, 0.15) is 42.0 Å². The number of carbonyl (C=O) groups excluding carboxylic acids is 2. The Morgan fingerprint density at radius 3 is 2.94 bits per heavy atom. The zero-order valence-corrected chi connectivity index (χ0v) is 18.5. The Kier molecular flexibility index (Phi) is 6.58. The molecular formula is C24H29FN4O3. The number of H-pyrrole nitrogens is 1. The van der Waals surface area contributed by atoms with Crippen LogP contribution in [0.15, 0.2) is 24.3 Å². The molecule has 1 saturated heterocycles. The predicted molar refractivity (Wildman–Crippen MR) is 119 cm³/mol. The van der Waals surface area contributed by atoms with E-state index in [1.807, 2.05) is 18.7 Å². The van der Waals surface area contributed by atoms with E-state index in [0.717, 1.165) is 36.2 Å². The van der Waals surface area contributed by atoms with Crippen LogP contribution in [0.3, 0.4) is 0 Å². The molecule has 1 aromatic heterocycles. The molecule has 2 amide bonds. The molecule has 4 rings (SSSR count). The first-order valence-electron chi connectivity index (χ1n) is 11.1. The van der Waals surface area contributed by atoms with E-state index in [9.17, 15) is 14.0 Å². The lowest BCUT2D eigenvalue weighted by molar-refractivity contribution is -0.137. The maximum Gasteiger partial charge on any atom is 0.244 e. The number of aryl methyl sites for hydroxylation is 2. The lowest BCUT2D eigenvalue weighted by Crippen LogP contribution is -2.47. The summed E-state index contributed by atoms with van der Waals surface area (Å²) in [6.45, 7) is 5.24. The number of aromatic nitrogens is 2. The molecule has 0 aliphatic carbocycles. The summed E-state index contributed by atoms with van der Waals surface area (Å²) < 4.78 is 19.3. The maximum atomic E-state index is 13.6. The molecule has 7 nitrogen and oxygen atoms in total. The first-order chi connectivity index (χ1) is 15.4. The highest BCUT2D eigenvalue weighted by atomic mass is 19.1. The minimum Gasteiger partial charge on any atom is -0.492 e. The van der Waals surface area contributed by atoms with Gasteiger partial charge in [0.1, 0.15) is 24.0 Å². The predicted octanol–water partition coefficient (Wildman–Crippen LogP) is 2.93. The highest BCUT2D eigenvalue weighted by molar-refractivity contribution is 5.91. The first kappa shape index (κ1) is 22.0. The number of likely N-dealkylation sites (tertiary alicyclic amines) is 1. The highest BCUT2D eigenvalue weighted by Gasteiger charge is 2.32.